The Morgan fingerprint density at radius 3 is 2.67 bits per heavy atom. The van der Waals surface area contributed by atoms with Crippen molar-refractivity contribution in [1.82, 2.24) is 0 Å². The Balaban J connectivity index is 2.58. The first kappa shape index (κ1) is 9.29. The number of phenols is 1. The molecule has 2 aromatic carbocycles. The monoisotopic (exact) mass is 196 g/mol. The van der Waals surface area contributed by atoms with Crippen LogP contribution in [0.15, 0.2) is 36.4 Å². The van der Waals surface area contributed by atoms with Crippen LogP contribution in [0.4, 0.5) is 0 Å². The van der Waals surface area contributed by atoms with Crippen LogP contribution >= 0.6 is 0 Å². The predicted octanol–water partition coefficient (Wildman–Crippen LogP) is 2.10. The van der Waals surface area contributed by atoms with Crippen LogP contribution in [0, 0.1) is 11.8 Å². The van der Waals surface area contributed by atoms with E-state index in [0.29, 0.717) is 6.29 Å². The summed E-state index contributed by atoms with van der Waals surface area (Å²) >= 11 is 0. The number of rotatable bonds is 0. The van der Waals surface area contributed by atoms with Gasteiger partial charge in [0.05, 0.1) is 0 Å². The lowest BCUT2D eigenvalue weighted by molar-refractivity contribution is -0.103. The molecule has 0 amide bonds. The molecule has 0 atom stereocenters. The van der Waals surface area contributed by atoms with Gasteiger partial charge in [-0.1, -0.05) is 18.1 Å². The summed E-state index contributed by atoms with van der Waals surface area (Å²) in [6.45, 7) is 0. The van der Waals surface area contributed by atoms with E-state index in [0.717, 1.165) is 16.3 Å². The standard InChI is InChI=1S/C13H8O2/c14-7-1-2-10-3-4-11-5-6-13(15)9-12(11)8-10/h3-9,15H. The quantitative estimate of drug-likeness (QED) is 0.517. The maximum atomic E-state index is 10.1. The maximum Gasteiger partial charge on any atom is 0.193 e. The number of aromatic hydroxyl groups is 1. The Labute approximate surface area is 87.2 Å². The van der Waals surface area contributed by atoms with Gasteiger partial charge >= 0.3 is 0 Å². The Bertz CT molecular complexity index is 574. The molecule has 0 fully saturated rings. The molecule has 0 aliphatic heterocycles. The maximum absolute atomic E-state index is 10.1. The second kappa shape index (κ2) is 3.85. The van der Waals surface area contributed by atoms with Crippen LogP contribution in [0.25, 0.3) is 10.8 Å². The minimum absolute atomic E-state index is 0.225. The molecule has 0 saturated carbocycles. The summed E-state index contributed by atoms with van der Waals surface area (Å²) in [7, 11) is 0. The molecule has 0 aromatic heterocycles. The van der Waals surface area contributed by atoms with Crippen LogP contribution in [-0.2, 0) is 4.79 Å². The van der Waals surface area contributed by atoms with Crippen LogP contribution in [0.3, 0.4) is 0 Å². The average Bonchev–Trinajstić information content (AvgIpc) is 2.25. The lowest BCUT2D eigenvalue weighted by atomic mass is 10.1. The molecule has 0 unspecified atom stereocenters. The number of phenolic OH excluding ortho intramolecular Hbond substituents is 1. The zero-order chi connectivity index (χ0) is 10.7. The number of aldehydes is 1. The molecule has 0 heterocycles. The van der Waals surface area contributed by atoms with Gasteiger partial charge in [-0.25, -0.2) is 0 Å². The third-order valence-electron chi connectivity index (χ3n) is 2.10. The summed E-state index contributed by atoms with van der Waals surface area (Å²) in [4.78, 5) is 10.1. The van der Waals surface area contributed by atoms with Crippen LogP contribution in [0.2, 0.25) is 0 Å². The fraction of sp³-hybridized carbons (Fsp3) is 0. The van der Waals surface area contributed by atoms with Gasteiger partial charge in [-0.2, -0.15) is 0 Å². The van der Waals surface area contributed by atoms with E-state index in [-0.39, 0.29) is 5.75 Å². The molecular weight excluding hydrogens is 188 g/mol. The lowest BCUT2D eigenvalue weighted by Crippen LogP contribution is -1.77. The highest BCUT2D eigenvalue weighted by Gasteiger charge is 1.95. The van der Waals surface area contributed by atoms with E-state index in [4.69, 9.17) is 0 Å². The fourth-order valence-electron chi connectivity index (χ4n) is 1.42. The molecule has 0 aliphatic rings. The molecule has 0 bridgehead atoms. The summed E-state index contributed by atoms with van der Waals surface area (Å²) < 4.78 is 0. The van der Waals surface area contributed by atoms with Crippen molar-refractivity contribution in [3.05, 3.63) is 42.0 Å². The molecule has 1 N–H and O–H groups in total. The summed E-state index contributed by atoms with van der Waals surface area (Å²) in [5, 5.41) is 11.2. The van der Waals surface area contributed by atoms with Gasteiger partial charge in [0.15, 0.2) is 6.29 Å². The minimum atomic E-state index is 0.225. The normalized spacial score (nSPS) is 9.33. The molecule has 72 valence electrons. The van der Waals surface area contributed by atoms with Gasteiger partial charge in [-0.15, -0.1) is 0 Å². The fourth-order valence-corrected chi connectivity index (χ4v) is 1.42. The molecule has 2 heteroatoms. The zero-order valence-corrected chi connectivity index (χ0v) is 7.90. The van der Waals surface area contributed by atoms with Crippen molar-refractivity contribution >= 4 is 17.1 Å². The van der Waals surface area contributed by atoms with Gasteiger partial charge in [0.2, 0.25) is 0 Å². The second-order valence-electron chi connectivity index (χ2n) is 3.13. The summed E-state index contributed by atoms with van der Waals surface area (Å²) in [5.41, 5.74) is 0.764. The first-order chi connectivity index (χ1) is 7.29. The third kappa shape index (κ3) is 1.97. The number of carbonyl (C=O) groups excluding carboxylic acids is 1. The van der Waals surface area contributed by atoms with Crippen molar-refractivity contribution in [3.63, 3.8) is 0 Å². The van der Waals surface area contributed by atoms with E-state index in [1.807, 2.05) is 24.3 Å². The van der Waals surface area contributed by atoms with Crippen LogP contribution in [0.5, 0.6) is 5.75 Å². The number of hydrogen-bond donors (Lipinski definition) is 1. The van der Waals surface area contributed by atoms with Gasteiger partial charge < -0.3 is 5.11 Å². The van der Waals surface area contributed by atoms with Crippen molar-refractivity contribution in [2.75, 3.05) is 0 Å². The summed E-state index contributed by atoms with van der Waals surface area (Å²) in [6.07, 6.45) is 0.562. The number of benzene rings is 2. The van der Waals surface area contributed by atoms with Gasteiger partial charge in [0, 0.05) is 5.56 Å². The Morgan fingerprint density at radius 1 is 1.07 bits per heavy atom. The first-order valence-corrected chi connectivity index (χ1v) is 4.47. The average molecular weight is 196 g/mol. The van der Waals surface area contributed by atoms with E-state index in [1.165, 1.54) is 0 Å². The van der Waals surface area contributed by atoms with Crippen molar-refractivity contribution in [2.45, 2.75) is 0 Å². The van der Waals surface area contributed by atoms with Crippen LogP contribution in [0.1, 0.15) is 5.56 Å². The van der Waals surface area contributed by atoms with Crippen LogP contribution < -0.4 is 0 Å². The highest BCUT2D eigenvalue weighted by atomic mass is 16.3. The van der Waals surface area contributed by atoms with E-state index in [1.54, 1.807) is 12.1 Å². The number of fused-ring (bicyclic) bond motifs is 1. The molecular formula is C13H8O2. The molecule has 0 radical (unpaired) electrons. The first-order valence-electron chi connectivity index (χ1n) is 4.47. The predicted molar refractivity (Wildman–Crippen MR) is 58.6 cm³/mol. The molecule has 2 aromatic rings. The molecule has 2 rings (SSSR count). The highest BCUT2D eigenvalue weighted by molar-refractivity contribution is 5.85. The Morgan fingerprint density at radius 2 is 1.87 bits per heavy atom. The van der Waals surface area contributed by atoms with E-state index >= 15 is 0 Å². The molecule has 0 saturated heterocycles. The smallest absolute Gasteiger partial charge is 0.193 e. The summed E-state index contributed by atoms with van der Waals surface area (Å²) in [6, 6.07) is 10.7. The van der Waals surface area contributed by atoms with Crippen molar-refractivity contribution < 1.29 is 9.90 Å². The largest absolute Gasteiger partial charge is 0.508 e. The van der Waals surface area contributed by atoms with E-state index in [2.05, 4.69) is 11.8 Å². The van der Waals surface area contributed by atoms with Crippen molar-refractivity contribution in [2.24, 2.45) is 0 Å². The third-order valence-corrected chi connectivity index (χ3v) is 2.10. The molecule has 0 aliphatic carbocycles. The Kier molecular flexibility index (Phi) is 2.38. The number of hydrogen-bond acceptors (Lipinski definition) is 2. The van der Waals surface area contributed by atoms with Gasteiger partial charge in [0.1, 0.15) is 5.75 Å². The van der Waals surface area contributed by atoms with E-state index in [9.17, 15) is 9.90 Å². The van der Waals surface area contributed by atoms with Crippen molar-refractivity contribution in [1.29, 1.82) is 0 Å². The summed E-state index contributed by atoms with van der Waals surface area (Å²) in [5.74, 6) is 5.28. The second-order valence-corrected chi connectivity index (χ2v) is 3.13. The van der Waals surface area contributed by atoms with Crippen LogP contribution in [-0.4, -0.2) is 11.4 Å². The zero-order valence-electron chi connectivity index (χ0n) is 7.90. The van der Waals surface area contributed by atoms with E-state index < -0.39 is 0 Å². The number of carbonyl (C=O) groups is 1. The topological polar surface area (TPSA) is 37.3 Å². The molecule has 15 heavy (non-hydrogen) atoms. The molecule has 2 nitrogen and oxygen atoms in total. The Hall–Kier alpha value is -2.27. The van der Waals surface area contributed by atoms with Crippen molar-refractivity contribution in [3.8, 4) is 17.6 Å². The minimum Gasteiger partial charge on any atom is -0.508 e. The van der Waals surface area contributed by atoms with Gasteiger partial charge in [0.25, 0.3) is 0 Å². The van der Waals surface area contributed by atoms with Gasteiger partial charge in [-0.05, 0) is 41.0 Å². The SMILES string of the molecule is O=CC#Cc1ccc2ccc(O)cc2c1. The lowest BCUT2D eigenvalue weighted by Gasteiger charge is -1.99. The molecule has 0 spiro atoms. The highest BCUT2D eigenvalue weighted by Crippen LogP contribution is 2.20. The van der Waals surface area contributed by atoms with Gasteiger partial charge in [-0.3, -0.25) is 4.79 Å².